The summed E-state index contributed by atoms with van der Waals surface area (Å²) in [6.45, 7) is 0. The van der Waals surface area contributed by atoms with Gasteiger partial charge in [0.1, 0.15) is 11.6 Å². The molecule has 0 N–H and O–H groups in total. The third kappa shape index (κ3) is 3.53. The van der Waals surface area contributed by atoms with Crippen molar-refractivity contribution in [1.29, 1.82) is 0 Å². The highest BCUT2D eigenvalue weighted by molar-refractivity contribution is 6.12. The fraction of sp³-hybridized carbons (Fsp3) is 0.625. The monoisotopic (exact) mass is 308 g/mol. The highest BCUT2D eigenvalue weighted by atomic mass is 16.5. The van der Waals surface area contributed by atoms with Gasteiger partial charge in [-0.3, -0.25) is 19.2 Å². The molecular weight excluding hydrogens is 288 g/mol. The molecule has 0 saturated heterocycles. The number of carbonyl (C=O) groups is 4. The number of ether oxygens (including phenoxy) is 2. The van der Waals surface area contributed by atoms with Crippen molar-refractivity contribution in [2.45, 2.75) is 38.5 Å². The molecule has 1 fully saturated rings. The van der Waals surface area contributed by atoms with Gasteiger partial charge in [0.15, 0.2) is 5.92 Å². The summed E-state index contributed by atoms with van der Waals surface area (Å²) in [6.07, 6.45) is 6.25. The second kappa shape index (κ2) is 7.74. The highest BCUT2D eigenvalue weighted by Crippen LogP contribution is 2.41. The first-order valence-corrected chi connectivity index (χ1v) is 7.08. The smallest absolute Gasteiger partial charge is 0.320 e. The fourth-order valence-electron chi connectivity index (χ4n) is 2.84. The molecule has 1 aliphatic carbocycles. The Morgan fingerprint density at radius 1 is 1.14 bits per heavy atom. The zero-order valence-electron chi connectivity index (χ0n) is 12.8. The van der Waals surface area contributed by atoms with E-state index in [0.717, 1.165) is 14.2 Å². The lowest BCUT2D eigenvalue weighted by atomic mass is 9.74. The van der Waals surface area contributed by atoms with Crippen molar-refractivity contribution in [3.8, 4) is 12.3 Å². The van der Waals surface area contributed by atoms with Gasteiger partial charge in [0.05, 0.1) is 19.6 Å². The lowest BCUT2D eigenvalue weighted by Gasteiger charge is -2.26. The van der Waals surface area contributed by atoms with Gasteiger partial charge in [-0.2, -0.15) is 0 Å². The van der Waals surface area contributed by atoms with Crippen molar-refractivity contribution in [3.63, 3.8) is 0 Å². The number of Topliss-reactive ketones (excluding diaryl/α,β-unsaturated/α-hetero) is 2. The van der Waals surface area contributed by atoms with E-state index in [1.807, 2.05) is 0 Å². The van der Waals surface area contributed by atoms with Crippen molar-refractivity contribution in [2.24, 2.45) is 11.3 Å². The molecule has 0 spiro atoms. The van der Waals surface area contributed by atoms with Gasteiger partial charge in [-0.05, 0) is 19.3 Å². The second-order valence-electron chi connectivity index (χ2n) is 5.27. The van der Waals surface area contributed by atoms with Crippen LogP contribution in [0.3, 0.4) is 0 Å². The van der Waals surface area contributed by atoms with Crippen LogP contribution in [0.1, 0.15) is 38.5 Å². The third-order valence-electron chi connectivity index (χ3n) is 4.17. The molecular formula is C16H20O6. The molecule has 6 heteroatoms. The average molecular weight is 308 g/mol. The summed E-state index contributed by atoms with van der Waals surface area (Å²) in [5.41, 5.74) is -1.17. The van der Waals surface area contributed by atoms with Crippen LogP contribution in [0.5, 0.6) is 0 Å². The summed E-state index contributed by atoms with van der Waals surface area (Å²) in [6, 6.07) is 0. The zero-order chi connectivity index (χ0) is 16.8. The molecule has 0 aliphatic heterocycles. The van der Waals surface area contributed by atoms with Gasteiger partial charge in [0.25, 0.3) is 0 Å². The van der Waals surface area contributed by atoms with E-state index in [-0.39, 0.29) is 43.7 Å². The minimum atomic E-state index is -1.17. The molecule has 0 aromatic carbocycles. The van der Waals surface area contributed by atoms with E-state index in [2.05, 4.69) is 15.4 Å². The zero-order valence-corrected chi connectivity index (χ0v) is 12.8. The first-order valence-electron chi connectivity index (χ1n) is 7.08. The lowest BCUT2D eigenvalue weighted by Crippen LogP contribution is -2.35. The van der Waals surface area contributed by atoms with E-state index in [4.69, 9.17) is 6.42 Å². The van der Waals surface area contributed by atoms with Crippen molar-refractivity contribution in [1.82, 2.24) is 0 Å². The van der Waals surface area contributed by atoms with Crippen LogP contribution in [0.2, 0.25) is 0 Å². The summed E-state index contributed by atoms with van der Waals surface area (Å²) < 4.78 is 9.15. The quantitative estimate of drug-likeness (QED) is 0.397. The number of methoxy groups -OCH3 is 2. The molecule has 0 aromatic rings. The summed E-state index contributed by atoms with van der Waals surface area (Å²) in [5.74, 6) is -0.521. The number of ketones is 2. The van der Waals surface area contributed by atoms with E-state index in [9.17, 15) is 19.2 Å². The van der Waals surface area contributed by atoms with Crippen LogP contribution in [0.25, 0.3) is 0 Å². The molecule has 1 rings (SSSR count). The molecule has 6 nitrogen and oxygen atoms in total. The van der Waals surface area contributed by atoms with Crippen LogP contribution >= 0.6 is 0 Å². The number of hydrogen-bond acceptors (Lipinski definition) is 6. The largest absolute Gasteiger partial charge is 0.468 e. The van der Waals surface area contributed by atoms with Gasteiger partial charge in [0.2, 0.25) is 0 Å². The van der Waals surface area contributed by atoms with Crippen LogP contribution in [0, 0.1) is 23.7 Å². The maximum atomic E-state index is 12.2. The highest BCUT2D eigenvalue weighted by Gasteiger charge is 2.49. The van der Waals surface area contributed by atoms with Gasteiger partial charge in [0, 0.05) is 19.3 Å². The predicted molar refractivity (Wildman–Crippen MR) is 76.5 cm³/mol. The summed E-state index contributed by atoms with van der Waals surface area (Å²) >= 11 is 0. The Morgan fingerprint density at radius 2 is 1.64 bits per heavy atom. The molecule has 0 bridgehead atoms. The Balaban J connectivity index is 2.92. The average Bonchev–Trinajstić information content (AvgIpc) is 2.80. The predicted octanol–water partition coefficient (Wildman–Crippen LogP) is 1.06. The maximum absolute atomic E-state index is 12.2. The molecule has 0 unspecified atom stereocenters. The van der Waals surface area contributed by atoms with Crippen molar-refractivity contribution in [3.05, 3.63) is 0 Å². The van der Waals surface area contributed by atoms with Crippen molar-refractivity contribution < 1.29 is 28.7 Å². The SMILES string of the molecule is C#CCCC1(CCC(C(=O)OC)C(=O)OC)C(=O)CCC1=O. The second-order valence-corrected chi connectivity index (χ2v) is 5.27. The molecule has 0 atom stereocenters. The molecule has 0 radical (unpaired) electrons. The topological polar surface area (TPSA) is 86.7 Å². The van der Waals surface area contributed by atoms with Gasteiger partial charge in [-0.1, -0.05) is 0 Å². The molecule has 0 heterocycles. The summed E-state index contributed by atoms with van der Waals surface area (Å²) in [4.78, 5) is 47.7. The number of carbonyl (C=O) groups excluding carboxylic acids is 4. The molecule has 1 aliphatic rings. The van der Waals surface area contributed by atoms with Crippen molar-refractivity contribution in [2.75, 3.05) is 14.2 Å². The fourth-order valence-corrected chi connectivity index (χ4v) is 2.84. The minimum absolute atomic E-state index is 0.0153. The van der Waals surface area contributed by atoms with Gasteiger partial charge in [-0.25, -0.2) is 0 Å². The third-order valence-corrected chi connectivity index (χ3v) is 4.17. The van der Waals surface area contributed by atoms with Crippen LogP contribution < -0.4 is 0 Å². The van der Waals surface area contributed by atoms with Crippen LogP contribution in [0.4, 0.5) is 0 Å². The Bertz CT molecular complexity index is 481. The number of hydrogen-bond donors (Lipinski definition) is 0. The molecule has 22 heavy (non-hydrogen) atoms. The first-order chi connectivity index (χ1) is 10.4. The summed E-state index contributed by atoms with van der Waals surface area (Å²) in [7, 11) is 2.33. The van der Waals surface area contributed by atoms with Crippen LogP contribution in [-0.4, -0.2) is 37.7 Å². The Hall–Kier alpha value is -2.16. The molecule has 120 valence electrons. The number of rotatable bonds is 7. The van der Waals surface area contributed by atoms with Crippen molar-refractivity contribution >= 4 is 23.5 Å². The maximum Gasteiger partial charge on any atom is 0.320 e. The Kier molecular flexibility index (Phi) is 6.29. The Labute approximate surface area is 129 Å². The van der Waals surface area contributed by atoms with E-state index in [1.165, 1.54) is 0 Å². The Morgan fingerprint density at radius 3 is 2.05 bits per heavy atom. The number of terminal acetylenes is 1. The molecule has 1 saturated carbocycles. The number of esters is 2. The first kappa shape index (κ1) is 17.9. The molecule has 0 aromatic heterocycles. The lowest BCUT2D eigenvalue weighted by molar-refractivity contribution is -0.160. The van der Waals surface area contributed by atoms with E-state index < -0.39 is 23.3 Å². The van der Waals surface area contributed by atoms with Crippen LogP contribution in [0.15, 0.2) is 0 Å². The van der Waals surface area contributed by atoms with E-state index >= 15 is 0 Å². The standard InChI is InChI=1S/C16H20O6/c1-4-5-9-16(12(17)6-7-13(16)18)10-8-11(14(19)21-2)15(20)22-3/h1,11H,5-10H2,2-3H3. The normalized spacial score (nSPS) is 16.5. The van der Waals surface area contributed by atoms with E-state index in [0.29, 0.717) is 6.42 Å². The van der Waals surface area contributed by atoms with E-state index in [1.54, 1.807) is 0 Å². The van der Waals surface area contributed by atoms with Gasteiger partial charge >= 0.3 is 11.9 Å². The van der Waals surface area contributed by atoms with Gasteiger partial charge in [-0.15, -0.1) is 12.3 Å². The van der Waals surface area contributed by atoms with Crippen LogP contribution in [-0.2, 0) is 28.7 Å². The minimum Gasteiger partial charge on any atom is -0.468 e. The molecule has 0 amide bonds. The van der Waals surface area contributed by atoms with Gasteiger partial charge < -0.3 is 9.47 Å². The summed E-state index contributed by atoms with van der Waals surface area (Å²) in [5, 5.41) is 0.